The van der Waals surface area contributed by atoms with Crippen molar-refractivity contribution in [2.75, 3.05) is 0 Å². The maximum atomic E-state index is 6.06. The van der Waals surface area contributed by atoms with Crippen LogP contribution in [0, 0.1) is 6.92 Å². The molecule has 2 aromatic carbocycles. The normalized spacial score (nSPS) is 12.2. The first kappa shape index (κ1) is 15.4. The predicted octanol–water partition coefficient (Wildman–Crippen LogP) is 5.09. The molecule has 0 saturated carbocycles. The van der Waals surface area contributed by atoms with Crippen molar-refractivity contribution in [1.82, 2.24) is 0 Å². The van der Waals surface area contributed by atoms with Gasteiger partial charge in [0.05, 0.1) is 0 Å². The van der Waals surface area contributed by atoms with E-state index in [0.29, 0.717) is 5.02 Å². The zero-order valence-corrected chi connectivity index (χ0v) is 13.8. The molecule has 2 N–H and O–H groups in total. The van der Waals surface area contributed by atoms with Gasteiger partial charge in [0, 0.05) is 15.5 Å². The number of hydrogen-bond donors (Lipinski definition) is 1. The minimum Gasteiger partial charge on any atom is -0.457 e. The molecule has 20 heavy (non-hydrogen) atoms. The summed E-state index contributed by atoms with van der Waals surface area (Å²) in [6, 6.07) is 11.6. The van der Waals surface area contributed by atoms with E-state index in [1.165, 1.54) is 0 Å². The van der Waals surface area contributed by atoms with Crippen LogP contribution in [-0.2, 0) is 6.42 Å². The minimum absolute atomic E-state index is 0.0550. The first-order chi connectivity index (χ1) is 9.45. The van der Waals surface area contributed by atoms with Crippen LogP contribution in [-0.4, -0.2) is 6.04 Å². The van der Waals surface area contributed by atoms with Gasteiger partial charge in [0.2, 0.25) is 0 Å². The Bertz CT molecular complexity index is 613. The van der Waals surface area contributed by atoms with Crippen molar-refractivity contribution < 1.29 is 4.74 Å². The fourth-order valence-corrected chi connectivity index (χ4v) is 2.49. The van der Waals surface area contributed by atoms with Gasteiger partial charge in [-0.05, 0) is 61.7 Å². The van der Waals surface area contributed by atoms with Crippen LogP contribution in [0.3, 0.4) is 0 Å². The predicted molar refractivity (Wildman–Crippen MR) is 87.8 cm³/mol. The number of nitrogens with two attached hydrogens (primary N) is 1. The van der Waals surface area contributed by atoms with E-state index in [9.17, 15) is 0 Å². The molecule has 0 aliphatic rings. The van der Waals surface area contributed by atoms with E-state index in [1.54, 1.807) is 0 Å². The third kappa shape index (κ3) is 3.98. The number of rotatable bonds is 4. The first-order valence-electron chi connectivity index (χ1n) is 6.43. The van der Waals surface area contributed by atoms with E-state index in [-0.39, 0.29) is 6.04 Å². The Morgan fingerprint density at radius 3 is 2.65 bits per heavy atom. The van der Waals surface area contributed by atoms with Crippen LogP contribution >= 0.6 is 27.5 Å². The van der Waals surface area contributed by atoms with Crippen LogP contribution in [0.25, 0.3) is 0 Å². The highest BCUT2D eigenvalue weighted by molar-refractivity contribution is 9.10. The number of hydrogen-bond acceptors (Lipinski definition) is 2. The molecule has 2 rings (SSSR count). The van der Waals surface area contributed by atoms with Crippen LogP contribution < -0.4 is 10.5 Å². The summed E-state index contributed by atoms with van der Waals surface area (Å²) in [6.07, 6.45) is 0.725. The summed E-state index contributed by atoms with van der Waals surface area (Å²) in [5, 5.41) is 0.693. The van der Waals surface area contributed by atoms with E-state index >= 15 is 0 Å². The highest BCUT2D eigenvalue weighted by atomic mass is 79.9. The molecule has 0 aliphatic heterocycles. The summed E-state index contributed by atoms with van der Waals surface area (Å²) in [4.78, 5) is 0. The van der Waals surface area contributed by atoms with Crippen molar-refractivity contribution in [2.24, 2.45) is 5.73 Å². The molecule has 0 aliphatic carbocycles. The topological polar surface area (TPSA) is 35.2 Å². The number of ether oxygens (including phenoxy) is 1. The van der Waals surface area contributed by atoms with Gasteiger partial charge in [-0.1, -0.05) is 33.6 Å². The van der Waals surface area contributed by atoms with Gasteiger partial charge in [-0.2, -0.15) is 0 Å². The molecule has 0 bridgehead atoms. The maximum absolute atomic E-state index is 6.06. The van der Waals surface area contributed by atoms with Crippen molar-refractivity contribution in [1.29, 1.82) is 0 Å². The monoisotopic (exact) mass is 353 g/mol. The average molecular weight is 355 g/mol. The molecule has 2 nitrogen and oxygen atoms in total. The van der Waals surface area contributed by atoms with E-state index in [4.69, 9.17) is 22.1 Å². The zero-order chi connectivity index (χ0) is 14.7. The van der Waals surface area contributed by atoms with Crippen LogP contribution in [0.15, 0.2) is 40.9 Å². The Hall–Kier alpha value is -1.03. The lowest BCUT2D eigenvalue weighted by Gasteiger charge is -2.15. The van der Waals surface area contributed by atoms with Crippen LogP contribution in [0.1, 0.15) is 18.1 Å². The maximum Gasteiger partial charge on any atom is 0.131 e. The quantitative estimate of drug-likeness (QED) is 0.829. The first-order valence-corrected chi connectivity index (χ1v) is 7.61. The van der Waals surface area contributed by atoms with E-state index in [2.05, 4.69) is 15.9 Å². The fourth-order valence-electron chi connectivity index (χ4n) is 1.96. The molecule has 1 atom stereocenters. The fraction of sp³-hybridized carbons (Fsp3) is 0.250. The van der Waals surface area contributed by atoms with E-state index in [0.717, 1.165) is 33.5 Å². The second kappa shape index (κ2) is 6.61. The number of halogens is 2. The molecule has 0 radical (unpaired) electrons. The molecule has 0 heterocycles. The molecule has 0 fully saturated rings. The van der Waals surface area contributed by atoms with Gasteiger partial charge >= 0.3 is 0 Å². The summed E-state index contributed by atoms with van der Waals surface area (Å²) in [5.74, 6) is 1.63. The molecule has 1 unspecified atom stereocenters. The third-order valence-electron chi connectivity index (χ3n) is 2.93. The summed E-state index contributed by atoms with van der Waals surface area (Å²) in [5.41, 5.74) is 7.98. The molecular weight excluding hydrogens is 338 g/mol. The molecule has 0 saturated heterocycles. The van der Waals surface area contributed by atoms with Crippen molar-refractivity contribution in [2.45, 2.75) is 26.3 Å². The second-order valence-electron chi connectivity index (χ2n) is 4.95. The van der Waals surface area contributed by atoms with Gasteiger partial charge in [-0.25, -0.2) is 0 Å². The van der Waals surface area contributed by atoms with Gasteiger partial charge in [0.1, 0.15) is 11.5 Å². The minimum atomic E-state index is 0.0550. The highest BCUT2D eigenvalue weighted by Gasteiger charge is 2.10. The Balaban J connectivity index is 2.35. The smallest absolute Gasteiger partial charge is 0.131 e. The summed E-state index contributed by atoms with van der Waals surface area (Å²) < 4.78 is 7.02. The molecule has 0 amide bonds. The molecule has 0 aromatic heterocycles. The highest BCUT2D eigenvalue weighted by Crippen LogP contribution is 2.32. The SMILES string of the molecule is Cc1ccc(Br)cc1Oc1ccc(Cl)cc1CC(C)N. The van der Waals surface area contributed by atoms with Gasteiger partial charge < -0.3 is 10.5 Å². The van der Waals surface area contributed by atoms with Gasteiger partial charge in [0.15, 0.2) is 0 Å². The summed E-state index contributed by atoms with van der Waals surface area (Å²) in [6.45, 7) is 3.98. The number of benzene rings is 2. The van der Waals surface area contributed by atoms with Crippen molar-refractivity contribution in [3.8, 4) is 11.5 Å². The second-order valence-corrected chi connectivity index (χ2v) is 6.30. The lowest BCUT2D eigenvalue weighted by molar-refractivity contribution is 0.470. The average Bonchev–Trinajstić information content (AvgIpc) is 2.36. The Morgan fingerprint density at radius 2 is 1.95 bits per heavy atom. The zero-order valence-electron chi connectivity index (χ0n) is 11.5. The Morgan fingerprint density at radius 1 is 1.20 bits per heavy atom. The summed E-state index contributed by atoms with van der Waals surface area (Å²) in [7, 11) is 0. The summed E-state index contributed by atoms with van der Waals surface area (Å²) >= 11 is 9.51. The largest absolute Gasteiger partial charge is 0.457 e. The van der Waals surface area contributed by atoms with Gasteiger partial charge in [0.25, 0.3) is 0 Å². The van der Waals surface area contributed by atoms with Crippen LogP contribution in [0.5, 0.6) is 11.5 Å². The van der Waals surface area contributed by atoms with Gasteiger partial charge in [-0.15, -0.1) is 0 Å². The lowest BCUT2D eigenvalue weighted by atomic mass is 10.1. The Labute approximate surface area is 133 Å². The van der Waals surface area contributed by atoms with Crippen molar-refractivity contribution in [3.63, 3.8) is 0 Å². The molecular formula is C16H17BrClNO. The number of aryl methyl sites for hydroxylation is 1. The van der Waals surface area contributed by atoms with Crippen molar-refractivity contribution >= 4 is 27.5 Å². The third-order valence-corrected chi connectivity index (χ3v) is 3.66. The molecule has 2 aromatic rings. The van der Waals surface area contributed by atoms with Gasteiger partial charge in [-0.3, -0.25) is 0 Å². The molecule has 0 spiro atoms. The standard InChI is InChI=1S/C16H17BrClNO/c1-10-3-4-13(17)9-16(10)20-15-6-5-14(18)8-12(15)7-11(2)19/h3-6,8-9,11H,7,19H2,1-2H3. The van der Waals surface area contributed by atoms with E-state index < -0.39 is 0 Å². The van der Waals surface area contributed by atoms with E-state index in [1.807, 2.05) is 50.2 Å². The van der Waals surface area contributed by atoms with Crippen molar-refractivity contribution in [3.05, 3.63) is 57.0 Å². The lowest BCUT2D eigenvalue weighted by Crippen LogP contribution is -2.18. The Kier molecular flexibility index (Phi) is 5.08. The molecule has 4 heteroatoms. The van der Waals surface area contributed by atoms with Crippen LogP contribution in [0.4, 0.5) is 0 Å². The van der Waals surface area contributed by atoms with Crippen LogP contribution in [0.2, 0.25) is 5.02 Å². The molecule has 106 valence electrons.